The Hall–Kier alpha value is -1.06. The molecule has 1 N–H and O–H groups in total. The smallest absolute Gasteiger partial charge is 0.323 e. The van der Waals surface area contributed by atoms with Crippen LogP contribution in [0.1, 0.15) is 58.3 Å². The Morgan fingerprint density at radius 3 is 2.50 bits per heavy atom. The predicted octanol–water partition coefficient (Wildman–Crippen LogP) is 2.67. The van der Waals surface area contributed by atoms with E-state index in [-0.39, 0.29) is 12.5 Å². The topological polar surface area (TPSA) is 57.6 Å². The predicted molar refractivity (Wildman–Crippen MR) is 70.3 cm³/mol. The fraction of sp³-hybridized carbons (Fsp3) is 0.857. The highest BCUT2D eigenvalue weighted by atomic mass is 16.4. The molecule has 0 unspecified atom stereocenters. The molecule has 1 saturated carbocycles. The molecule has 1 fully saturated rings. The molecule has 0 aromatic carbocycles. The van der Waals surface area contributed by atoms with Crippen LogP contribution in [0, 0.1) is 5.92 Å². The van der Waals surface area contributed by atoms with Gasteiger partial charge in [-0.3, -0.25) is 9.59 Å². The van der Waals surface area contributed by atoms with E-state index >= 15 is 0 Å². The lowest BCUT2D eigenvalue weighted by Gasteiger charge is -2.20. The standard InChI is InChI=1S/C14H25NO3/c1-2-10-15(11-14(17)18)13(16)9-5-8-12-6-3-4-7-12/h12H,2-11H2,1H3,(H,17,18). The van der Waals surface area contributed by atoms with Crippen molar-refractivity contribution in [3.8, 4) is 0 Å². The highest BCUT2D eigenvalue weighted by Crippen LogP contribution is 2.28. The summed E-state index contributed by atoms with van der Waals surface area (Å²) < 4.78 is 0. The zero-order valence-corrected chi connectivity index (χ0v) is 11.4. The summed E-state index contributed by atoms with van der Waals surface area (Å²) in [7, 11) is 0. The van der Waals surface area contributed by atoms with Gasteiger partial charge in [0, 0.05) is 13.0 Å². The molecule has 1 rings (SSSR count). The van der Waals surface area contributed by atoms with Crippen molar-refractivity contribution >= 4 is 11.9 Å². The maximum Gasteiger partial charge on any atom is 0.323 e. The zero-order chi connectivity index (χ0) is 13.4. The largest absolute Gasteiger partial charge is 0.480 e. The van der Waals surface area contributed by atoms with Gasteiger partial charge in [-0.05, 0) is 25.2 Å². The highest BCUT2D eigenvalue weighted by Gasteiger charge is 2.18. The first-order valence-electron chi connectivity index (χ1n) is 7.13. The Kier molecular flexibility index (Phi) is 6.76. The summed E-state index contributed by atoms with van der Waals surface area (Å²) in [5.74, 6) is -0.123. The first-order valence-corrected chi connectivity index (χ1v) is 7.13. The number of rotatable bonds is 8. The second-order valence-electron chi connectivity index (χ2n) is 5.25. The number of carbonyl (C=O) groups excluding carboxylic acids is 1. The number of hydrogen-bond donors (Lipinski definition) is 1. The van der Waals surface area contributed by atoms with Gasteiger partial charge in [-0.1, -0.05) is 32.6 Å². The fourth-order valence-electron chi connectivity index (χ4n) is 2.72. The third-order valence-electron chi connectivity index (χ3n) is 3.65. The van der Waals surface area contributed by atoms with Gasteiger partial charge in [-0.2, -0.15) is 0 Å². The molecule has 0 bridgehead atoms. The van der Waals surface area contributed by atoms with E-state index in [1.165, 1.54) is 30.6 Å². The molecule has 0 atom stereocenters. The molecule has 0 spiro atoms. The number of hydrogen-bond acceptors (Lipinski definition) is 2. The molecule has 0 aliphatic heterocycles. The molecule has 0 aromatic rings. The summed E-state index contributed by atoms with van der Waals surface area (Å²) in [5.41, 5.74) is 0. The van der Waals surface area contributed by atoms with E-state index in [4.69, 9.17) is 5.11 Å². The summed E-state index contributed by atoms with van der Waals surface area (Å²) in [6, 6.07) is 0. The summed E-state index contributed by atoms with van der Waals surface area (Å²) in [4.78, 5) is 24.1. The highest BCUT2D eigenvalue weighted by molar-refractivity contribution is 5.81. The summed E-state index contributed by atoms with van der Waals surface area (Å²) in [6.45, 7) is 2.35. The minimum Gasteiger partial charge on any atom is -0.480 e. The van der Waals surface area contributed by atoms with E-state index < -0.39 is 5.97 Å². The monoisotopic (exact) mass is 255 g/mol. The maximum absolute atomic E-state index is 11.9. The van der Waals surface area contributed by atoms with Crippen LogP contribution in [0.2, 0.25) is 0 Å². The van der Waals surface area contributed by atoms with Crippen LogP contribution in [-0.4, -0.2) is 35.0 Å². The molecule has 4 heteroatoms. The maximum atomic E-state index is 11.9. The second-order valence-corrected chi connectivity index (χ2v) is 5.25. The van der Waals surface area contributed by atoms with E-state index in [9.17, 15) is 9.59 Å². The van der Waals surface area contributed by atoms with E-state index in [0.717, 1.165) is 25.2 Å². The second kappa shape index (κ2) is 8.11. The van der Waals surface area contributed by atoms with Crippen LogP contribution in [-0.2, 0) is 9.59 Å². The molecule has 0 radical (unpaired) electrons. The third kappa shape index (κ3) is 5.52. The van der Waals surface area contributed by atoms with Crippen molar-refractivity contribution in [2.24, 2.45) is 5.92 Å². The first-order chi connectivity index (χ1) is 8.63. The Balaban J connectivity index is 2.24. The summed E-state index contributed by atoms with van der Waals surface area (Å²) in [6.07, 6.45) is 8.62. The minimum atomic E-state index is -0.924. The molecule has 0 aromatic heterocycles. The van der Waals surface area contributed by atoms with Crippen LogP contribution in [0.4, 0.5) is 0 Å². The van der Waals surface area contributed by atoms with Crippen molar-refractivity contribution in [2.75, 3.05) is 13.1 Å². The first kappa shape index (κ1) is 15.0. The Morgan fingerprint density at radius 2 is 1.94 bits per heavy atom. The van der Waals surface area contributed by atoms with Gasteiger partial charge in [0.1, 0.15) is 6.54 Å². The van der Waals surface area contributed by atoms with Crippen molar-refractivity contribution in [2.45, 2.75) is 58.3 Å². The number of carbonyl (C=O) groups is 2. The van der Waals surface area contributed by atoms with Crippen molar-refractivity contribution in [1.29, 1.82) is 0 Å². The van der Waals surface area contributed by atoms with E-state index in [1.54, 1.807) is 0 Å². The molecular formula is C14H25NO3. The lowest BCUT2D eigenvalue weighted by atomic mass is 10.0. The van der Waals surface area contributed by atoms with Crippen LogP contribution >= 0.6 is 0 Å². The average molecular weight is 255 g/mol. The van der Waals surface area contributed by atoms with Gasteiger partial charge in [0.05, 0.1) is 0 Å². The number of nitrogens with zero attached hydrogens (tertiary/aromatic N) is 1. The van der Waals surface area contributed by atoms with Crippen molar-refractivity contribution in [1.82, 2.24) is 4.90 Å². The van der Waals surface area contributed by atoms with Gasteiger partial charge in [0.15, 0.2) is 0 Å². The van der Waals surface area contributed by atoms with Crippen molar-refractivity contribution < 1.29 is 14.7 Å². The number of amides is 1. The summed E-state index contributed by atoms with van der Waals surface area (Å²) in [5, 5.41) is 8.76. The number of carboxylic acids is 1. The van der Waals surface area contributed by atoms with Gasteiger partial charge in [-0.25, -0.2) is 0 Å². The molecule has 1 amide bonds. The van der Waals surface area contributed by atoms with E-state index in [0.29, 0.717) is 13.0 Å². The molecule has 1 aliphatic rings. The SMILES string of the molecule is CCCN(CC(=O)O)C(=O)CCCC1CCCC1. The molecule has 0 heterocycles. The molecular weight excluding hydrogens is 230 g/mol. The van der Waals surface area contributed by atoms with E-state index in [2.05, 4.69) is 0 Å². The quantitative estimate of drug-likeness (QED) is 0.725. The molecule has 4 nitrogen and oxygen atoms in total. The summed E-state index contributed by atoms with van der Waals surface area (Å²) >= 11 is 0. The normalized spacial score (nSPS) is 15.8. The Bertz CT molecular complexity index is 272. The van der Waals surface area contributed by atoms with Crippen LogP contribution in [0.25, 0.3) is 0 Å². The lowest BCUT2D eigenvalue weighted by molar-refractivity contribution is -0.144. The number of aliphatic carboxylic acids is 1. The van der Waals surface area contributed by atoms with Gasteiger partial charge < -0.3 is 10.0 Å². The van der Waals surface area contributed by atoms with Crippen molar-refractivity contribution in [3.63, 3.8) is 0 Å². The fourth-order valence-corrected chi connectivity index (χ4v) is 2.72. The third-order valence-corrected chi connectivity index (χ3v) is 3.65. The zero-order valence-electron chi connectivity index (χ0n) is 11.4. The molecule has 18 heavy (non-hydrogen) atoms. The van der Waals surface area contributed by atoms with E-state index in [1.807, 2.05) is 6.92 Å². The van der Waals surface area contributed by atoms with Crippen molar-refractivity contribution in [3.05, 3.63) is 0 Å². The van der Waals surface area contributed by atoms with Gasteiger partial charge >= 0.3 is 5.97 Å². The average Bonchev–Trinajstić information content (AvgIpc) is 2.81. The minimum absolute atomic E-state index is 0.00255. The van der Waals surface area contributed by atoms with Crippen LogP contribution in [0.15, 0.2) is 0 Å². The Morgan fingerprint density at radius 1 is 1.28 bits per heavy atom. The van der Waals surface area contributed by atoms with Crippen LogP contribution in [0.3, 0.4) is 0 Å². The van der Waals surface area contributed by atoms with Gasteiger partial charge in [-0.15, -0.1) is 0 Å². The molecule has 0 saturated heterocycles. The molecule has 1 aliphatic carbocycles. The van der Waals surface area contributed by atoms with Gasteiger partial charge in [0.2, 0.25) is 5.91 Å². The van der Waals surface area contributed by atoms with Crippen LogP contribution in [0.5, 0.6) is 0 Å². The Labute approximate surface area is 109 Å². The lowest BCUT2D eigenvalue weighted by Crippen LogP contribution is -2.36. The number of carboxylic acid groups (broad SMARTS) is 1. The van der Waals surface area contributed by atoms with Crippen LogP contribution < -0.4 is 0 Å². The molecule has 104 valence electrons. The van der Waals surface area contributed by atoms with Gasteiger partial charge in [0.25, 0.3) is 0 Å².